The summed E-state index contributed by atoms with van der Waals surface area (Å²) in [6, 6.07) is 3.42. The molecule has 0 atom stereocenters. The summed E-state index contributed by atoms with van der Waals surface area (Å²) in [4.78, 5) is 0. The Balaban J connectivity index is 2.85. The minimum atomic E-state index is 0.324. The summed E-state index contributed by atoms with van der Waals surface area (Å²) >= 11 is 0. The number of hydrogen-bond donors (Lipinski definition) is 3. The van der Waals surface area contributed by atoms with Gasteiger partial charge in [0.15, 0.2) is 5.76 Å². The van der Waals surface area contributed by atoms with Crippen LogP contribution in [0.1, 0.15) is 5.76 Å². The van der Waals surface area contributed by atoms with Gasteiger partial charge >= 0.3 is 0 Å². The van der Waals surface area contributed by atoms with Gasteiger partial charge in [-0.3, -0.25) is 0 Å². The summed E-state index contributed by atoms with van der Waals surface area (Å²) in [7, 11) is 0. The third kappa shape index (κ3) is 1.08. The highest BCUT2D eigenvalue weighted by Gasteiger charge is 2.01. The molecule has 0 spiro atoms. The van der Waals surface area contributed by atoms with E-state index in [2.05, 4.69) is 10.5 Å². The molecule has 5 heteroatoms. The van der Waals surface area contributed by atoms with Crippen LogP contribution in [0.4, 0.5) is 0 Å². The topological polar surface area (TPSA) is 89.6 Å². The maximum atomic E-state index is 5.05. The number of furan rings is 1. The monoisotopic (exact) mass is 140 g/mol. The SMILES string of the molecule is N/N=C(\NN)c1ccco1. The highest BCUT2D eigenvalue weighted by Crippen LogP contribution is 1.98. The maximum absolute atomic E-state index is 5.05. The van der Waals surface area contributed by atoms with Gasteiger partial charge in [0.1, 0.15) is 0 Å². The van der Waals surface area contributed by atoms with Crippen molar-refractivity contribution in [3.63, 3.8) is 0 Å². The van der Waals surface area contributed by atoms with Gasteiger partial charge in [-0.15, -0.1) is 0 Å². The average Bonchev–Trinajstić information content (AvgIpc) is 2.43. The van der Waals surface area contributed by atoms with E-state index in [1.165, 1.54) is 6.26 Å². The molecule has 1 rings (SSSR count). The lowest BCUT2D eigenvalue weighted by Gasteiger charge is -1.96. The number of rotatable bonds is 1. The Morgan fingerprint density at radius 2 is 2.50 bits per heavy atom. The predicted molar refractivity (Wildman–Crippen MR) is 36.8 cm³/mol. The molecule has 5 N–H and O–H groups in total. The lowest BCUT2D eigenvalue weighted by atomic mass is 10.4. The molecule has 1 aromatic heterocycles. The van der Waals surface area contributed by atoms with Gasteiger partial charge in [0.2, 0.25) is 5.84 Å². The van der Waals surface area contributed by atoms with Crippen LogP contribution < -0.4 is 17.1 Å². The zero-order valence-electron chi connectivity index (χ0n) is 5.24. The normalized spacial score (nSPS) is 11.5. The Morgan fingerprint density at radius 1 is 1.70 bits per heavy atom. The molecular weight excluding hydrogens is 132 g/mol. The quantitative estimate of drug-likeness (QED) is 0.209. The molecule has 1 heterocycles. The maximum Gasteiger partial charge on any atom is 0.202 e. The molecule has 1 aromatic rings. The number of nitrogens with two attached hydrogens (primary N) is 2. The lowest BCUT2D eigenvalue weighted by molar-refractivity contribution is 0.553. The molecule has 0 aliphatic rings. The first-order valence-corrected chi connectivity index (χ1v) is 2.67. The van der Waals surface area contributed by atoms with Crippen LogP contribution in [0.2, 0.25) is 0 Å². The van der Waals surface area contributed by atoms with Gasteiger partial charge < -0.3 is 15.7 Å². The Hall–Kier alpha value is -1.49. The van der Waals surface area contributed by atoms with Crippen molar-refractivity contribution in [3.05, 3.63) is 24.2 Å². The second-order valence-electron chi connectivity index (χ2n) is 1.60. The fraction of sp³-hybridized carbons (Fsp3) is 0. The van der Waals surface area contributed by atoms with E-state index in [0.717, 1.165) is 0 Å². The zero-order valence-corrected chi connectivity index (χ0v) is 5.24. The predicted octanol–water partition coefficient (Wildman–Crippen LogP) is -0.637. The van der Waals surface area contributed by atoms with Crippen LogP contribution in [0.15, 0.2) is 27.9 Å². The van der Waals surface area contributed by atoms with E-state index in [4.69, 9.17) is 16.1 Å². The summed E-state index contributed by atoms with van der Waals surface area (Å²) < 4.78 is 4.92. The van der Waals surface area contributed by atoms with E-state index in [9.17, 15) is 0 Å². The van der Waals surface area contributed by atoms with E-state index in [1.807, 2.05) is 0 Å². The van der Waals surface area contributed by atoms with Crippen LogP contribution in [-0.4, -0.2) is 5.84 Å². The van der Waals surface area contributed by atoms with Crippen molar-refractivity contribution in [1.82, 2.24) is 5.43 Å². The van der Waals surface area contributed by atoms with Crippen molar-refractivity contribution in [3.8, 4) is 0 Å². The molecule has 0 aromatic carbocycles. The smallest absolute Gasteiger partial charge is 0.202 e. The van der Waals surface area contributed by atoms with E-state index in [1.54, 1.807) is 12.1 Å². The van der Waals surface area contributed by atoms with E-state index in [-0.39, 0.29) is 0 Å². The van der Waals surface area contributed by atoms with Gasteiger partial charge in [-0.2, -0.15) is 5.10 Å². The Bertz CT molecular complexity index is 216. The number of hydrazine groups is 1. The molecule has 0 unspecified atom stereocenters. The standard InChI is InChI=1S/C5H8N4O/c6-8-5(9-7)4-2-1-3-10-4/h1-3H,6-7H2,(H,8,9). The molecule has 0 aliphatic heterocycles. The fourth-order valence-corrected chi connectivity index (χ4v) is 0.585. The Kier molecular flexibility index (Phi) is 1.91. The summed E-state index contributed by atoms with van der Waals surface area (Å²) in [5, 5.41) is 3.34. The van der Waals surface area contributed by atoms with Crippen LogP contribution in [0.5, 0.6) is 0 Å². The van der Waals surface area contributed by atoms with Crippen LogP contribution in [0.25, 0.3) is 0 Å². The average molecular weight is 140 g/mol. The number of nitrogens with zero attached hydrogens (tertiary/aromatic N) is 1. The first-order chi connectivity index (χ1) is 4.88. The highest BCUT2D eigenvalue weighted by molar-refractivity contribution is 5.95. The first-order valence-electron chi connectivity index (χ1n) is 2.67. The fourth-order valence-electron chi connectivity index (χ4n) is 0.585. The van der Waals surface area contributed by atoms with Crippen molar-refractivity contribution >= 4 is 5.84 Å². The van der Waals surface area contributed by atoms with Crippen molar-refractivity contribution in [2.75, 3.05) is 0 Å². The largest absolute Gasteiger partial charge is 0.461 e. The van der Waals surface area contributed by atoms with Gasteiger partial charge in [0.25, 0.3) is 0 Å². The molecule has 0 amide bonds. The Labute approximate surface area is 57.7 Å². The molecule has 54 valence electrons. The van der Waals surface area contributed by atoms with Crippen molar-refractivity contribution in [2.45, 2.75) is 0 Å². The summed E-state index contributed by atoms with van der Waals surface area (Å²) in [6.07, 6.45) is 1.51. The zero-order chi connectivity index (χ0) is 7.40. The van der Waals surface area contributed by atoms with Gasteiger partial charge in [-0.25, -0.2) is 5.84 Å². The molecule has 0 fully saturated rings. The van der Waals surface area contributed by atoms with E-state index < -0.39 is 0 Å². The van der Waals surface area contributed by atoms with Crippen molar-refractivity contribution in [2.24, 2.45) is 16.8 Å². The highest BCUT2D eigenvalue weighted by atomic mass is 16.3. The second-order valence-corrected chi connectivity index (χ2v) is 1.60. The number of nitrogens with one attached hydrogen (secondary N) is 1. The number of hydrazone groups is 1. The van der Waals surface area contributed by atoms with E-state index >= 15 is 0 Å². The van der Waals surface area contributed by atoms with E-state index in [0.29, 0.717) is 11.6 Å². The number of amidine groups is 1. The van der Waals surface area contributed by atoms with Crippen LogP contribution in [0, 0.1) is 0 Å². The molecular formula is C5H8N4O. The van der Waals surface area contributed by atoms with Gasteiger partial charge in [0, 0.05) is 0 Å². The van der Waals surface area contributed by atoms with Gasteiger partial charge in [-0.05, 0) is 12.1 Å². The summed E-state index contributed by atoms with van der Waals surface area (Å²) in [5.74, 6) is 10.9. The minimum Gasteiger partial charge on any atom is -0.461 e. The van der Waals surface area contributed by atoms with Gasteiger partial charge in [-0.1, -0.05) is 0 Å². The van der Waals surface area contributed by atoms with Crippen molar-refractivity contribution in [1.29, 1.82) is 0 Å². The molecule has 5 nitrogen and oxygen atoms in total. The van der Waals surface area contributed by atoms with Crippen LogP contribution in [0.3, 0.4) is 0 Å². The first kappa shape index (κ1) is 6.63. The molecule has 0 bridgehead atoms. The summed E-state index contributed by atoms with van der Waals surface area (Å²) in [5.41, 5.74) is 2.29. The molecule has 0 radical (unpaired) electrons. The molecule has 0 saturated carbocycles. The van der Waals surface area contributed by atoms with Crippen molar-refractivity contribution < 1.29 is 4.42 Å². The lowest BCUT2D eigenvalue weighted by Crippen LogP contribution is -2.31. The molecule has 0 saturated heterocycles. The summed E-state index contributed by atoms with van der Waals surface area (Å²) in [6.45, 7) is 0. The van der Waals surface area contributed by atoms with Crippen LogP contribution >= 0.6 is 0 Å². The van der Waals surface area contributed by atoms with Crippen LogP contribution in [-0.2, 0) is 0 Å². The number of hydrogen-bond acceptors (Lipinski definition) is 4. The van der Waals surface area contributed by atoms with Gasteiger partial charge in [0.05, 0.1) is 6.26 Å². The third-order valence-electron chi connectivity index (χ3n) is 1.02. The third-order valence-corrected chi connectivity index (χ3v) is 1.02. The second kappa shape index (κ2) is 2.88. The molecule has 0 aliphatic carbocycles. The Morgan fingerprint density at radius 3 is 2.90 bits per heavy atom. The minimum absolute atomic E-state index is 0.324. The molecule has 10 heavy (non-hydrogen) atoms.